The predicted molar refractivity (Wildman–Crippen MR) is 151 cm³/mol. The molecule has 0 aliphatic carbocycles. The molecule has 1 aromatic heterocycles. The van der Waals surface area contributed by atoms with Gasteiger partial charge in [0, 0.05) is 30.2 Å². The highest BCUT2D eigenvalue weighted by Crippen LogP contribution is 2.34. The van der Waals surface area contributed by atoms with Gasteiger partial charge in [0.15, 0.2) is 12.1 Å². The standard InChI is InChI=1S/C32H30N4O4/c1-21-8-10-26(11-9-21)30(37)35-27-14-12-25(13-15-27)29-28(31(38)34-19-24-7-4-16-33-18-24)36(32(39)40-29)20-23-6-3-5-22(2)17-23/h3-18,28-29H,19-20H2,1-2H3,(H,34,38)(H,35,37). The van der Waals surface area contributed by atoms with Gasteiger partial charge in [-0.15, -0.1) is 0 Å². The number of amides is 3. The van der Waals surface area contributed by atoms with Gasteiger partial charge in [-0.3, -0.25) is 19.5 Å². The molecule has 8 nitrogen and oxygen atoms in total. The van der Waals surface area contributed by atoms with E-state index in [-0.39, 0.29) is 24.9 Å². The maximum Gasteiger partial charge on any atom is 0.411 e. The van der Waals surface area contributed by atoms with Crippen molar-refractivity contribution in [3.8, 4) is 0 Å². The maximum absolute atomic E-state index is 13.5. The minimum atomic E-state index is -0.891. The molecule has 2 heterocycles. The molecule has 4 aromatic rings. The van der Waals surface area contributed by atoms with Gasteiger partial charge < -0.3 is 15.4 Å². The second-order valence-corrected chi connectivity index (χ2v) is 9.89. The van der Waals surface area contributed by atoms with Crippen LogP contribution in [0.5, 0.6) is 0 Å². The van der Waals surface area contributed by atoms with Crippen molar-refractivity contribution in [2.45, 2.75) is 39.1 Å². The van der Waals surface area contributed by atoms with E-state index in [0.717, 1.165) is 22.3 Å². The Labute approximate surface area is 233 Å². The van der Waals surface area contributed by atoms with Crippen molar-refractivity contribution in [1.29, 1.82) is 0 Å². The van der Waals surface area contributed by atoms with E-state index in [4.69, 9.17) is 4.74 Å². The molecule has 1 aliphatic rings. The van der Waals surface area contributed by atoms with E-state index in [9.17, 15) is 14.4 Å². The molecule has 2 N–H and O–H groups in total. The van der Waals surface area contributed by atoms with E-state index in [0.29, 0.717) is 16.8 Å². The molecule has 0 radical (unpaired) electrons. The molecule has 1 saturated heterocycles. The summed E-state index contributed by atoms with van der Waals surface area (Å²) in [6.07, 6.45) is 1.96. The number of hydrogen-bond donors (Lipinski definition) is 2. The van der Waals surface area contributed by atoms with Gasteiger partial charge in [0.25, 0.3) is 5.91 Å². The van der Waals surface area contributed by atoms with Crippen molar-refractivity contribution in [2.24, 2.45) is 0 Å². The third-order valence-electron chi connectivity index (χ3n) is 6.79. The Morgan fingerprint density at radius 1 is 0.900 bits per heavy atom. The lowest BCUT2D eigenvalue weighted by molar-refractivity contribution is -0.126. The number of rotatable bonds is 8. The number of benzene rings is 3. The second-order valence-electron chi connectivity index (χ2n) is 9.89. The Morgan fingerprint density at radius 2 is 1.65 bits per heavy atom. The van der Waals surface area contributed by atoms with Gasteiger partial charge in [-0.2, -0.15) is 0 Å². The van der Waals surface area contributed by atoms with Gasteiger partial charge in [-0.25, -0.2) is 4.79 Å². The number of carbonyl (C=O) groups is 3. The molecule has 202 valence electrons. The van der Waals surface area contributed by atoms with Gasteiger partial charge in [-0.1, -0.05) is 65.7 Å². The lowest BCUT2D eigenvalue weighted by atomic mass is 10.00. The summed E-state index contributed by atoms with van der Waals surface area (Å²) in [6, 6.07) is 24.9. The van der Waals surface area contributed by atoms with Crippen LogP contribution in [0, 0.1) is 13.8 Å². The van der Waals surface area contributed by atoms with Crippen molar-refractivity contribution >= 4 is 23.6 Å². The molecule has 1 aliphatic heterocycles. The monoisotopic (exact) mass is 534 g/mol. The predicted octanol–water partition coefficient (Wildman–Crippen LogP) is 5.33. The summed E-state index contributed by atoms with van der Waals surface area (Å²) >= 11 is 0. The number of nitrogens with zero attached hydrogens (tertiary/aromatic N) is 2. The fourth-order valence-electron chi connectivity index (χ4n) is 4.68. The number of ether oxygens (including phenoxy) is 1. The average molecular weight is 535 g/mol. The van der Waals surface area contributed by atoms with Crippen LogP contribution in [-0.4, -0.2) is 33.8 Å². The van der Waals surface area contributed by atoms with Gasteiger partial charge in [0.2, 0.25) is 5.91 Å². The van der Waals surface area contributed by atoms with Crippen LogP contribution in [-0.2, 0) is 22.6 Å². The molecule has 40 heavy (non-hydrogen) atoms. The summed E-state index contributed by atoms with van der Waals surface area (Å²) in [5.74, 6) is -0.555. The normalized spacial score (nSPS) is 16.4. The summed E-state index contributed by atoms with van der Waals surface area (Å²) in [6.45, 7) is 4.44. The molecule has 0 bridgehead atoms. The summed E-state index contributed by atoms with van der Waals surface area (Å²) in [7, 11) is 0. The molecule has 5 rings (SSSR count). The highest BCUT2D eigenvalue weighted by Gasteiger charge is 2.46. The smallest absolute Gasteiger partial charge is 0.411 e. The van der Waals surface area contributed by atoms with Gasteiger partial charge in [0.1, 0.15) is 0 Å². The summed E-state index contributed by atoms with van der Waals surface area (Å²) in [5.41, 5.74) is 5.66. The summed E-state index contributed by atoms with van der Waals surface area (Å²) in [4.78, 5) is 44.8. The first-order valence-electron chi connectivity index (χ1n) is 13.0. The van der Waals surface area contributed by atoms with Crippen molar-refractivity contribution in [1.82, 2.24) is 15.2 Å². The molecule has 0 spiro atoms. The second kappa shape index (κ2) is 11.8. The molecule has 1 fully saturated rings. The average Bonchev–Trinajstić information content (AvgIpc) is 3.28. The first-order valence-corrected chi connectivity index (χ1v) is 13.0. The van der Waals surface area contributed by atoms with Crippen molar-refractivity contribution < 1.29 is 19.1 Å². The Balaban J connectivity index is 1.36. The number of pyridine rings is 1. The maximum atomic E-state index is 13.5. The SMILES string of the molecule is Cc1ccc(C(=O)Nc2ccc(C3OC(=O)N(Cc4cccc(C)c4)C3C(=O)NCc3cccnc3)cc2)cc1. The van der Waals surface area contributed by atoms with Crippen molar-refractivity contribution in [3.05, 3.63) is 131 Å². The number of carbonyl (C=O) groups excluding carboxylic acids is 3. The van der Waals surface area contributed by atoms with Crippen LogP contribution in [0.15, 0.2) is 97.3 Å². The highest BCUT2D eigenvalue weighted by molar-refractivity contribution is 6.04. The Morgan fingerprint density at radius 3 is 2.35 bits per heavy atom. The summed E-state index contributed by atoms with van der Waals surface area (Å²) < 4.78 is 5.78. The molecule has 2 atom stereocenters. The minimum Gasteiger partial charge on any atom is -0.438 e. The molecule has 2 unspecified atom stereocenters. The van der Waals surface area contributed by atoms with E-state index in [2.05, 4.69) is 15.6 Å². The quantitative estimate of drug-likeness (QED) is 0.318. The molecule has 3 aromatic carbocycles. The third-order valence-corrected chi connectivity index (χ3v) is 6.79. The molecule has 8 heteroatoms. The zero-order valence-corrected chi connectivity index (χ0v) is 22.3. The van der Waals surface area contributed by atoms with Gasteiger partial charge in [-0.05, 0) is 60.9 Å². The van der Waals surface area contributed by atoms with Crippen LogP contribution >= 0.6 is 0 Å². The number of cyclic esters (lactones) is 1. The summed E-state index contributed by atoms with van der Waals surface area (Å²) in [5, 5.41) is 5.82. The molecule has 3 amide bonds. The Kier molecular flexibility index (Phi) is 7.87. The number of nitrogens with one attached hydrogen (secondary N) is 2. The Hall–Kier alpha value is -4.98. The topological polar surface area (TPSA) is 101 Å². The van der Waals surface area contributed by atoms with Crippen LogP contribution in [0.1, 0.15) is 44.3 Å². The van der Waals surface area contributed by atoms with E-state index in [1.165, 1.54) is 4.90 Å². The number of aromatic nitrogens is 1. The number of anilines is 1. The Bertz CT molecular complexity index is 1500. The zero-order valence-electron chi connectivity index (χ0n) is 22.3. The first kappa shape index (κ1) is 26.6. The molecule has 0 saturated carbocycles. The van der Waals surface area contributed by atoms with Crippen molar-refractivity contribution in [3.63, 3.8) is 0 Å². The number of hydrogen-bond acceptors (Lipinski definition) is 5. The van der Waals surface area contributed by atoms with Crippen LogP contribution in [0.25, 0.3) is 0 Å². The van der Waals surface area contributed by atoms with Crippen LogP contribution in [0.2, 0.25) is 0 Å². The van der Waals surface area contributed by atoms with E-state index in [1.807, 2.05) is 56.3 Å². The van der Waals surface area contributed by atoms with E-state index in [1.54, 1.807) is 54.9 Å². The van der Waals surface area contributed by atoms with E-state index >= 15 is 0 Å². The lowest BCUT2D eigenvalue weighted by Crippen LogP contribution is -2.46. The molecular formula is C32H30N4O4. The molecular weight excluding hydrogens is 504 g/mol. The minimum absolute atomic E-state index is 0.225. The largest absolute Gasteiger partial charge is 0.438 e. The number of aryl methyl sites for hydroxylation is 2. The lowest BCUT2D eigenvalue weighted by Gasteiger charge is -2.24. The van der Waals surface area contributed by atoms with Crippen LogP contribution in [0.4, 0.5) is 10.5 Å². The third kappa shape index (κ3) is 6.18. The van der Waals surface area contributed by atoms with E-state index < -0.39 is 18.2 Å². The first-order chi connectivity index (χ1) is 19.4. The van der Waals surface area contributed by atoms with Crippen LogP contribution < -0.4 is 10.6 Å². The van der Waals surface area contributed by atoms with Crippen molar-refractivity contribution in [2.75, 3.05) is 5.32 Å². The fraction of sp³-hybridized carbons (Fsp3) is 0.188. The van der Waals surface area contributed by atoms with Gasteiger partial charge in [0.05, 0.1) is 6.54 Å². The van der Waals surface area contributed by atoms with Gasteiger partial charge >= 0.3 is 6.09 Å². The highest BCUT2D eigenvalue weighted by atomic mass is 16.6. The zero-order chi connectivity index (χ0) is 28.1. The fourth-order valence-corrected chi connectivity index (χ4v) is 4.68. The van der Waals surface area contributed by atoms with Crippen LogP contribution in [0.3, 0.4) is 0 Å².